The van der Waals surface area contributed by atoms with Gasteiger partial charge in [0.15, 0.2) is 5.88 Å². The Hall–Kier alpha value is -1.81. The van der Waals surface area contributed by atoms with Crippen molar-refractivity contribution in [2.75, 3.05) is 13.2 Å². The van der Waals surface area contributed by atoms with E-state index >= 15 is 0 Å². The van der Waals surface area contributed by atoms with Gasteiger partial charge < -0.3 is 4.74 Å². The van der Waals surface area contributed by atoms with Gasteiger partial charge in [0.25, 0.3) is 0 Å². The molecule has 0 atom stereocenters. The number of sulfonamides is 1. The zero-order chi connectivity index (χ0) is 14.8. The van der Waals surface area contributed by atoms with Gasteiger partial charge in [-0.25, -0.2) is 18.1 Å². The molecule has 10 heteroatoms. The molecule has 0 unspecified atom stereocenters. The van der Waals surface area contributed by atoms with Crippen LogP contribution < -0.4 is 9.46 Å². The Morgan fingerprint density at radius 1 is 1.35 bits per heavy atom. The van der Waals surface area contributed by atoms with Crippen molar-refractivity contribution in [3.05, 3.63) is 30.6 Å². The average molecular weight is 309 g/mol. The summed E-state index contributed by atoms with van der Waals surface area (Å²) in [4.78, 5) is 4.00. The molecule has 0 aromatic carbocycles. The van der Waals surface area contributed by atoms with Crippen molar-refractivity contribution in [3.8, 4) is 5.88 Å². The van der Waals surface area contributed by atoms with Crippen molar-refractivity contribution in [1.29, 1.82) is 0 Å². The number of ether oxygens (including phenoxy) is 1. The lowest BCUT2D eigenvalue weighted by Gasteiger charge is -2.11. The highest BCUT2D eigenvalue weighted by Gasteiger charge is 2.45. The fourth-order valence-electron chi connectivity index (χ4n) is 1.45. The highest BCUT2D eigenvalue weighted by molar-refractivity contribution is 7.90. The van der Waals surface area contributed by atoms with Gasteiger partial charge in [-0.3, -0.25) is 4.40 Å². The first-order valence-corrected chi connectivity index (χ1v) is 6.90. The molecular formula is C10H10F3N3O3S. The molecule has 2 aromatic heterocycles. The third-order valence-corrected chi connectivity index (χ3v) is 3.53. The van der Waals surface area contributed by atoms with Crippen LogP contribution in [-0.2, 0) is 10.0 Å². The molecule has 0 radical (unpaired) electrons. The fourth-order valence-corrected chi connectivity index (χ4v) is 1.97. The zero-order valence-corrected chi connectivity index (χ0v) is 10.8. The zero-order valence-electron chi connectivity index (χ0n) is 9.96. The molecule has 2 heterocycles. The number of hydrogen-bond donors (Lipinski definition) is 1. The van der Waals surface area contributed by atoms with Crippen molar-refractivity contribution < 1.29 is 26.3 Å². The number of rotatable bonds is 5. The molecule has 0 aliphatic heterocycles. The van der Waals surface area contributed by atoms with E-state index in [-0.39, 0.29) is 6.61 Å². The normalized spacial score (nSPS) is 12.8. The number of pyridine rings is 1. The maximum atomic E-state index is 12.0. The Kier molecular flexibility index (Phi) is 3.86. The summed E-state index contributed by atoms with van der Waals surface area (Å²) in [6.07, 6.45) is 3.15. The van der Waals surface area contributed by atoms with Gasteiger partial charge in [0.1, 0.15) is 12.3 Å². The Morgan fingerprint density at radius 2 is 2.10 bits per heavy atom. The van der Waals surface area contributed by atoms with E-state index in [1.807, 2.05) is 0 Å². The van der Waals surface area contributed by atoms with Crippen LogP contribution in [0.4, 0.5) is 13.2 Å². The molecule has 2 rings (SSSR count). The standard InChI is InChI=1S/C10H10F3N3O3S/c11-10(12,13)20(17,18)15-5-7-19-9-3-1-2-8-14-4-6-16(8)9/h1-4,6,15H,5,7H2. The first kappa shape index (κ1) is 14.6. The van der Waals surface area contributed by atoms with Gasteiger partial charge in [0.2, 0.25) is 0 Å². The summed E-state index contributed by atoms with van der Waals surface area (Å²) in [5.41, 5.74) is -4.71. The minimum Gasteiger partial charge on any atom is -0.477 e. The van der Waals surface area contributed by atoms with Gasteiger partial charge in [-0.1, -0.05) is 6.07 Å². The van der Waals surface area contributed by atoms with Crippen molar-refractivity contribution in [1.82, 2.24) is 14.1 Å². The maximum absolute atomic E-state index is 12.0. The van der Waals surface area contributed by atoms with E-state index in [1.54, 1.807) is 28.8 Å². The van der Waals surface area contributed by atoms with E-state index in [0.717, 1.165) is 0 Å². The Morgan fingerprint density at radius 3 is 2.80 bits per heavy atom. The van der Waals surface area contributed by atoms with Crippen LogP contribution in [-0.4, -0.2) is 36.5 Å². The van der Waals surface area contributed by atoms with Gasteiger partial charge >= 0.3 is 15.5 Å². The lowest BCUT2D eigenvalue weighted by molar-refractivity contribution is -0.0448. The van der Waals surface area contributed by atoms with Gasteiger partial charge in [-0.2, -0.15) is 13.2 Å². The molecule has 110 valence electrons. The molecule has 0 aliphatic rings. The lowest BCUT2D eigenvalue weighted by Crippen LogP contribution is -2.38. The third kappa shape index (κ3) is 3.02. The molecule has 20 heavy (non-hydrogen) atoms. The topological polar surface area (TPSA) is 72.7 Å². The van der Waals surface area contributed by atoms with Crippen LogP contribution in [0.1, 0.15) is 0 Å². The molecule has 0 amide bonds. The van der Waals surface area contributed by atoms with E-state index in [9.17, 15) is 21.6 Å². The second kappa shape index (κ2) is 5.29. The van der Waals surface area contributed by atoms with Gasteiger partial charge in [-0.05, 0) is 12.1 Å². The predicted molar refractivity (Wildman–Crippen MR) is 63.7 cm³/mol. The summed E-state index contributed by atoms with van der Waals surface area (Å²) >= 11 is 0. The van der Waals surface area contributed by atoms with E-state index < -0.39 is 22.1 Å². The lowest BCUT2D eigenvalue weighted by atomic mass is 10.4. The molecule has 6 nitrogen and oxygen atoms in total. The van der Waals surface area contributed by atoms with Crippen LogP contribution in [0.3, 0.4) is 0 Å². The molecular weight excluding hydrogens is 299 g/mol. The molecule has 0 fully saturated rings. The molecule has 0 spiro atoms. The smallest absolute Gasteiger partial charge is 0.477 e. The number of imidazole rings is 1. The second-order valence-electron chi connectivity index (χ2n) is 3.71. The summed E-state index contributed by atoms with van der Waals surface area (Å²) in [7, 11) is -5.33. The fraction of sp³-hybridized carbons (Fsp3) is 0.300. The number of nitrogens with zero attached hydrogens (tertiary/aromatic N) is 2. The van der Waals surface area contributed by atoms with Gasteiger partial charge in [0.05, 0.1) is 0 Å². The third-order valence-electron chi connectivity index (χ3n) is 2.34. The maximum Gasteiger partial charge on any atom is 0.511 e. The van der Waals surface area contributed by atoms with Crippen LogP contribution in [0.5, 0.6) is 5.88 Å². The molecule has 0 saturated carbocycles. The Balaban J connectivity index is 1.93. The number of fused-ring (bicyclic) bond motifs is 1. The van der Waals surface area contributed by atoms with E-state index in [0.29, 0.717) is 11.5 Å². The van der Waals surface area contributed by atoms with Gasteiger partial charge in [0, 0.05) is 18.9 Å². The Labute approximate surface area is 112 Å². The number of aromatic nitrogens is 2. The van der Waals surface area contributed by atoms with Crippen molar-refractivity contribution in [2.24, 2.45) is 0 Å². The van der Waals surface area contributed by atoms with Crippen LogP contribution in [0, 0.1) is 0 Å². The number of alkyl halides is 3. The second-order valence-corrected chi connectivity index (χ2v) is 5.47. The summed E-state index contributed by atoms with van der Waals surface area (Å²) in [6.45, 7) is -0.737. The number of nitrogens with one attached hydrogen (secondary N) is 1. The SMILES string of the molecule is O=S(=O)(NCCOc1cccc2nccn12)C(F)(F)F. The first-order valence-electron chi connectivity index (χ1n) is 5.42. The average Bonchev–Trinajstić information content (AvgIpc) is 2.82. The Bertz CT molecular complexity index is 696. The predicted octanol–water partition coefficient (Wildman–Crippen LogP) is 1.15. The molecule has 0 bridgehead atoms. The van der Waals surface area contributed by atoms with E-state index in [2.05, 4.69) is 4.98 Å². The summed E-state index contributed by atoms with van der Waals surface area (Å²) in [6, 6.07) is 4.98. The number of halogens is 3. The van der Waals surface area contributed by atoms with E-state index in [4.69, 9.17) is 4.74 Å². The van der Waals surface area contributed by atoms with Gasteiger partial charge in [-0.15, -0.1) is 0 Å². The van der Waals surface area contributed by atoms with Crippen LogP contribution >= 0.6 is 0 Å². The summed E-state index contributed by atoms with van der Waals surface area (Å²) in [5.74, 6) is 0.353. The number of hydrogen-bond acceptors (Lipinski definition) is 4. The van der Waals surface area contributed by atoms with Crippen LogP contribution in [0.15, 0.2) is 30.6 Å². The highest BCUT2D eigenvalue weighted by atomic mass is 32.2. The van der Waals surface area contributed by atoms with Crippen LogP contribution in [0.2, 0.25) is 0 Å². The van der Waals surface area contributed by atoms with Crippen molar-refractivity contribution in [3.63, 3.8) is 0 Å². The van der Waals surface area contributed by atoms with Crippen LogP contribution in [0.25, 0.3) is 5.65 Å². The first-order chi connectivity index (χ1) is 9.31. The summed E-state index contributed by atoms with van der Waals surface area (Å²) in [5, 5.41) is 0. The summed E-state index contributed by atoms with van der Waals surface area (Å²) < 4.78 is 65.8. The minimum absolute atomic E-state index is 0.243. The minimum atomic E-state index is -5.33. The van der Waals surface area contributed by atoms with Crippen molar-refractivity contribution >= 4 is 15.7 Å². The molecule has 2 aromatic rings. The van der Waals surface area contributed by atoms with E-state index in [1.165, 1.54) is 10.9 Å². The highest BCUT2D eigenvalue weighted by Crippen LogP contribution is 2.21. The molecule has 0 aliphatic carbocycles. The quantitative estimate of drug-likeness (QED) is 0.841. The largest absolute Gasteiger partial charge is 0.511 e. The van der Waals surface area contributed by atoms with Crippen molar-refractivity contribution in [2.45, 2.75) is 5.51 Å². The molecule has 0 saturated heterocycles. The molecule has 1 N–H and O–H groups in total. The monoisotopic (exact) mass is 309 g/mol.